The van der Waals surface area contributed by atoms with Crippen molar-refractivity contribution in [2.24, 2.45) is 0 Å². The Balaban J connectivity index is 2.34. The van der Waals surface area contributed by atoms with Gasteiger partial charge >= 0.3 is 0 Å². The van der Waals surface area contributed by atoms with Crippen LogP contribution in [-0.2, 0) is 4.79 Å². The molecular formula is C16H27N3OS. The molecule has 0 spiro atoms. The lowest BCUT2D eigenvalue weighted by atomic mass is 10.1. The van der Waals surface area contributed by atoms with E-state index in [1.54, 1.807) is 6.07 Å². The van der Waals surface area contributed by atoms with Gasteiger partial charge in [0.25, 0.3) is 0 Å². The Morgan fingerprint density at radius 3 is 2.81 bits per heavy atom. The maximum absolute atomic E-state index is 12.0. The molecule has 0 heterocycles. The minimum absolute atomic E-state index is 0.0637. The van der Waals surface area contributed by atoms with Gasteiger partial charge < -0.3 is 16.0 Å². The number of rotatable bonds is 8. The van der Waals surface area contributed by atoms with Gasteiger partial charge in [0.1, 0.15) is 0 Å². The highest BCUT2D eigenvalue weighted by atomic mass is 32.2. The molecule has 0 saturated heterocycles. The average Bonchev–Trinajstić information content (AvgIpc) is 2.42. The normalized spacial score (nSPS) is 12.4. The molecule has 1 unspecified atom stereocenters. The molecule has 3 N–H and O–H groups in total. The van der Waals surface area contributed by atoms with Gasteiger partial charge in [0.05, 0.1) is 0 Å². The fraction of sp³-hybridized carbons (Fsp3) is 0.562. The van der Waals surface area contributed by atoms with E-state index < -0.39 is 0 Å². The van der Waals surface area contributed by atoms with Crippen molar-refractivity contribution in [1.29, 1.82) is 0 Å². The van der Waals surface area contributed by atoms with Crippen molar-refractivity contribution in [3.05, 3.63) is 23.8 Å². The summed E-state index contributed by atoms with van der Waals surface area (Å²) in [5, 5.41) is 2.95. The number of thioether (sulfide) groups is 1. The minimum atomic E-state index is 0.0637. The third-order valence-corrected chi connectivity index (χ3v) is 4.42. The van der Waals surface area contributed by atoms with Gasteiger partial charge in [-0.1, -0.05) is 0 Å². The van der Waals surface area contributed by atoms with Gasteiger partial charge in [0.2, 0.25) is 5.91 Å². The van der Waals surface area contributed by atoms with Crippen LogP contribution in [-0.4, -0.2) is 42.4 Å². The Kier molecular flexibility index (Phi) is 7.61. The molecule has 4 nitrogen and oxygen atoms in total. The summed E-state index contributed by atoms with van der Waals surface area (Å²) >= 11 is 1.85. The van der Waals surface area contributed by atoms with Crippen molar-refractivity contribution in [3.63, 3.8) is 0 Å². The van der Waals surface area contributed by atoms with E-state index in [0.29, 0.717) is 12.5 Å². The lowest BCUT2D eigenvalue weighted by molar-refractivity contribution is -0.116. The maximum atomic E-state index is 12.0. The summed E-state index contributed by atoms with van der Waals surface area (Å²) in [6.07, 6.45) is 3.53. The molecule has 0 radical (unpaired) electrons. The quantitative estimate of drug-likeness (QED) is 0.725. The van der Waals surface area contributed by atoms with Crippen LogP contribution in [0, 0.1) is 6.92 Å². The van der Waals surface area contributed by atoms with Crippen molar-refractivity contribution in [2.45, 2.75) is 32.7 Å². The number of aryl methyl sites for hydroxylation is 1. The SMILES string of the molecule is CSCC(C)N(C)CCCC(=O)Nc1ccc(N)cc1C. The van der Waals surface area contributed by atoms with Gasteiger partial charge in [0, 0.05) is 29.6 Å². The largest absolute Gasteiger partial charge is 0.399 e. The first kappa shape index (κ1) is 17.9. The molecule has 0 aliphatic heterocycles. The predicted molar refractivity (Wildman–Crippen MR) is 93.9 cm³/mol. The van der Waals surface area contributed by atoms with Crippen LogP contribution in [0.15, 0.2) is 18.2 Å². The molecule has 1 aromatic carbocycles. The molecule has 1 atom stereocenters. The number of nitrogens with one attached hydrogen (secondary N) is 1. The zero-order valence-corrected chi connectivity index (χ0v) is 14.3. The van der Waals surface area contributed by atoms with Crippen LogP contribution >= 0.6 is 11.8 Å². The molecule has 0 saturated carbocycles. The Morgan fingerprint density at radius 2 is 2.19 bits per heavy atom. The fourth-order valence-corrected chi connectivity index (χ4v) is 2.85. The second-order valence-corrected chi connectivity index (χ2v) is 6.42. The smallest absolute Gasteiger partial charge is 0.224 e. The van der Waals surface area contributed by atoms with Crippen LogP contribution in [0.25, 0.3) is 0 Å². The predicted octanol–water partition coefficient (Wildman–Crippen LogP) is 2.98. The van der Waals surface area contributed by atoms with E-state index in [0.717, 1.165) is 35.7 Å². The van der Waals surface area contributed by atoms with Crippen LogP contribution in [0.4, 0.5) is 11.4 Å². The molecule has 0 fully saturated rings. The van der Waals surface area contributed by atoms with E-state index in [1.807, 2.05) is 30.8 Å². The second-order valence-electron chi connectivity index (χ2n) is 5.51. The number of nitrogens with zero attached hydrogens (tertiary/aromatic N) is 1. The van der Waals surface area contributed by atoms with Crippen LogP contribution in [0.2, 0.25) is 0 Å². The molecule has 0 aromatic heterocycles. The third-order valence-electron chi connectivity index (χ3n) is 3.60. The molecule has 5 heteroatoms. The van der Waals surface area contributed by atoms with E-state index >= 15 is 0 Å². The number of carbonyl (C=O) groups is 1. The number of nitrogens with two attached hydrogens (primary N) is 1. The third kappa shape index (κ3) is 6.40. The molecule has 1 aromatic rings. The van der Waals surface area contributed by atoms with Crippen LogP contribution < -0.4 is 11.1 Å². The van der Waals surface area contributed by atoms with Crippen molar-refractivity contribution in [2.75, 3.05) is 36.7 Å². The van der Waals surface area contributed by atoms with E-state index in [9.17, 15) is 4.79 Å². The molecular weight excluding hydrogens is 282 g/mol. The zero-order chi connectivity index (χ0) is 15.8. The molecule has 21 heavy (non-hydrogen) atoms. The summed E-state index contributed by atoms with van der Waals surface area (Å²) in [7, 11) is 2.11. The number of hydrogen-bond acceptors (Lipinski definition) is 4. The minimum Gasteiger partial charge on any atom is -0.399 e. The van der Waals surface area contributed by atoms with E-state index in [2.05, 4.69) is 30.4 Å². The fourth-order valence-electron chi connectivity index (χ4n) is 2.12. The van der Waals surface area contributed by atoms with E-state index in [1.165, 1.54) is 0 Å². The standard InChI is InChI=1S/C16H27N3OS/c1-12-10-14(17)7-8-15(12)18-16(20)6-5-9-19(3)13(2)11-21-4/h7-8,10,13H,5-6,9,11,17H2,1-4H3,(H,18,20). The summed E-state index contributed by atoms with van der Waals surface area (Å²) in [6.45, 7) is 5.11. The highest BCUT2D eigenvalue weighted by Gasteiger charge is 2.10. The van der Waals surface area contributed by atoms with Gasteiger partial charge in [-0.25, -0.2) is 0 Å². The molecule has 0 bridgehead atoms. The van der Waals surface area contributed by atoms with Gasteiger partial charge in [0.15, 0.2) is 0 Å². The van der Waals surface area contributed by atoms with E-state index in [4.69, 9.17) is 5.73 Å². The monoisotopic (exact) mass is 309 g/mol. The summed E-state index contributed by atoms with van der Waals surface area (Å²) in [5.41, 5.74) is 8.26. The summed E-state index contributed by atoms with van der Waals surface area (Å²) in [4.78, 5) is 14.3. The second kappa shape index (κ2) is 8.95. The lowest BCUT2D eigenvalue weighted by Crippen LogP contribution is -2.32. The highest BCUT2D eigenvalue weighted by Crippen LogP contribution is 2.18. The van der Waals surface area contributed by atoms with E-state index in [-0.39, 0.29) is 5.91 Å². The molecule has 118 valence electrons. The average molecular weight is 309 g/mol. The van der Waals surface area contributed by atoms with Crippen molar-refractivity contribution >= 4 is 29.0 Å². The number of benzene rings is 1. The van der Waals surface area contributed by atoms with Gasteiger partial charge in [-0.2, -0.15) is 11.8 Å². The summed E-state index contributed by atoms with van der Waals surface area (Å²) < 4.78 is 0. The first-order valence-electron chi connectivity index (χ1n) is 7.29. The molecule has 1 amide bonds. The Morgan fingerprint density at radius 1 is 1.48 bits per heavy atom. The summed E-state index contributed by atoms with van der Waals surface area (Å²) in [5.74, 6) is 1.18. The lowest BCUT2D eigenvalue weighted by Gasteiger charge is -2.23. The maximum Gasteiger partial charge on any atom is 0.224 e. The van der Waals surface area contributed by atoms with Crippen LogP contribution in [0.5, 0.6) is 0 Å². The summed E-state index contributed by atoms with van der Waals surface area (Å²) in [6, 6.07) is 6.07. The van der Waals surface area contributed by atoms with Crippen molar-refractivity contribution in [1.82, 2.24) is 4.90 Å². The Bertz CT molecular complexity index is 465. The Labute approximate surface area is 132 Å². The Hall–Kier alpha value is -1.20. The number of hydrogen-bond donors (Lipinski definition) is 2. The van der Waals surface area contributed by atoms with Crippen LogP contribution in [0.1, 0.15) is 25.3 Å². The van der Waals surface area contributed by atoms with Gasteiger partial charge in [-0.15, -0.1) is 0 Å². The molecule has 0 aliphatic rings. The highest BCUT2D eigenvalue weighted by molar-refractivity contribution is 7.98. The number of nitrogen functional groups attached to an aromatic ring is 1. The van der Waals surface area contributed by atoms with Gasteiger partial charge in [-0.3, -0.25) is 4.79 Å². The molecule has 0 aliphatic carbocycles. The number of amides is 1. The zero-order valence-electron chi connectivity index (χ0n) is 13.5. The van der Waals surface area contributed by atoms with Gasteiger partial charge in [-0.05, 0) is 63.9 Å². The number of carbonyl (C=O) groups excluding carboxylic acids is 1. The van der Waals surface area contributed by atoms with Crippen molar-refractivity contribution in [3.8, 4) is 0 Å². The first-order chi connectivity index (χ1) is 9.93. The number of anilines is 2. The van der Waals surface area contributed by atoms with Crippen LogP contribution in [0.3, 0.4) is 0 Å². The molecule has 1 rings (SSSR count). The topological polar surface area (TPSA) is 58.4 Å². The van der Waals surface area contributed by atoms with Crippen molar-refractivity contribution < 1.29 is 4.79 Å². The first-order valence-corrected chi connectivity index (χ1v) is 8.68.